The molecule has 2 aromatic heterocycles. The van der Waals surface area contributed by atoms with E-state index >= 15 is 0 Å². The lowest BCUT2D eigenvalue weighted by molar-refractivity contribution is 0.635. The van der Waals surface area contributed by atoms with Gasteiger partial charge in [-0.2, -0.15) is 19.6 Å². The molecular formula is C11H15ClN4S. The van der Waals surface area contributed by atoms with Gasteiger partial charge in [0.1, 0.15) is 16.5 Å². The first-order valence-electron chi connectivity index (χ1n) is 5.62. The van der Waals surface area contributed by atoms with Crippen molar-refractivity contribution in [2.75, 3.05) is 5.75 Å². The minimum atomic E-state index is 0.511. The van der Waals surface area contributed by atoms with Crippen molar-refractivity contribution in [2.24, 2.45) is 5.92 Å². The molecule has 0 aliphatic heterocycles. The maximum absolute atomic E-state index is 6.09. The van der Waals surface area contributed by atoms with Crippen LogP contribution in [0.4, 0.5) is 0 Å². The number of aromatic nitrogens is 4. The van der Waals surface area contributed by atoms with E-state index in [1.54, 1.807) is 16.3 Å². The van der Waals surface area contributed by atoms with E-state index in [-0.39, 0.29) is 0 Å². The summed E-state index contributed by atoms with van der Waals surface area (Å²) in [5, 5.41) is 5.74. The Kier molecular flexibility index (Phi) is 3.89. The Morgan fingerprint density at radius 1 is 1.53 bits per heavy atom. The molecule has 0 fully saturated rings. The van der Waals surface area contributed by atoms with E-state index in [9.17, 15) is 0 Å². The van der Waals surface area contributed by atoms with Crippen LogP contribution in [0.1, 0.15) is 25.8 Å². The Morgan fingerprint density at radius 2 is 2.29 bits per heavy atom. The van der Waals surface area contributed by atoms with Gasteiger partial charge >= 0.3 is 0 Å². The molecule has 0 radical (unpaired) electrons. The van der Waals surface area contributed by atoms with Gasteiger partial charge in [-0.15, -0.1) is 11.8 Å². The Labute approximate surface area is 110 Å². The molecule has 0 aromatic carbocycles. The van der Waals surface area contributed by atoms with Crippen molar-refractivity contribution in [1.82, 2.24) is 19.6 Å². The maximum Gasteiger partial charge on any atom is 0.254 e. The van der Waals surface area contributed by atoms with E-state index in [4.69, 9.17) is 11.6 Å². The van der Waals surface area contributed by atoms with E-state index in [0.717, 1.165) is 16.3 Å². The molecule has 0 saturated heterocycles. The van der Waals surface area contributed by atoms with Gasteiger partial charge in [0, 0.05) is 11.3 Å². The largest absolute Gasteiger partial charge is 0.254 e. The molecule has 2 aromatic rings. The summed E-state index contributed by atoms with van der Waals surface area (Å²) in [6.45, 7) is 6.40. The smallest absolute Gasteiger partial charge is 0.199 e. The van der Waals surface area contributed by atoms with Gasteiger partial charge in [0.15, 0.2) is 0 Å². The molecule has 0 bridgehead atoms. The summed E-state index contributed by atoms with van der Waals surface area (Å²) in [7, 11) is 0. The summed E-state index contributed by atoms with van der Waals surface area (Å²) in [6.07, 6.45) is 2.68. The van der Waals surface area contributed by atoms with Crippen LogP contribution < -0.4 is 0 Å². The Balaban J connectivity index is 2.36. The number of thioether (sulfide) groups is 1. The molecule has 2 heterocycles. The van der Waals surface area contributed by atoms with E-state index in [2.05, 4.69) is 28.9 Å². The standard InChI is InChI=1S/C11H15ClN4S/c1-4-7(2)5-17-10-8(3)9(12)15-11-13-6-14-16(10)11/h6-7H,4-5H2,1-3H3. The quantitative estimate of drug-likeness (QED) is 0.632. The minimum Gasteiger partial charge on any atom is -0.199 e. The zero-order valence-corrected chi connectivity index (χ0v) is 11.7. The second-order valence-corrected chi connectivity index (χ2v) is 5.50. The van der Waals surface area contributed by atoms with Gasteiger partial charge in [0.25, 0.3) is 5.78 Å². The third-order valence-corrected chi connectivity index (χ3v) is 4.61. The Hall–Kier alpha value is -0.810. The van der Waals surface area contributed by atoms with Crippen LogP contribution in [-0.2, 0) is 0 Å². The molecule has 17 heavy (non-hydrogen) atoms. The molecule has 0 aliphatic carbocycles. The fourth-order valence-electron chi connectivity index (χ4n) is 1.38. The lowest BCUT2D eigenvalue weighted by Crippen LogP contribution is -2.03. The molecule has 0 N–H and O–H groups in total. The zero-order valence-electron chi connectivity index (χ0n) is 10.1. The van der Waals surface area contributed by atoms with Gasteiger partial charge in [0.05, 0.1) is 0 Å². The van der Waals surface area contributed by atoms with E-state index in [1.165, 1.54) is 12.7 Å². The van der Waals surface area contributed by atoms with Crippen molar-refractivity contribution < 1.29 is 0 Å². The highest BCUT2D eigenvalue weighted by atomic mass is 35.5. The summed E-state index contributed by atoms with van der Waals surface area (Å²) >= 11 is 7.86. The first-order valence-corrected chi connectivity index (χ1v) is 6.98. The summed E-state index contributed by atoms with van der Waals surface area (Å²) in [4.78, 5) is 8.26. The maximum atomic E-state index is 6.09. The molecule has 0 spiro atoms. The van der Waals surface area contributed by atoms with Gasteiger partial charge in [-0.25, -0.2) is 0 Å². The third kappa shape index (κ3) is 2.55. The number of fused-ring (bicyclic) bond motifs is 1. The number of hydrogen-bond acceptors (Lipinski definition) is 4. The molecule has 92 valence electrons. The van der Waals surface area contributed by atoms with Crippen LogP contribution in [0, 0.1) is 12.8 Å². The lowest BCUT2D eigenvalue weighted by Gasteiger charge is -2.11. The second-order valence-electron chi connectivity index (χ2n) is 4.13. The van der Waals surface area contributed by atoms with Gasteiger partial charge in [-0.1, -0.05) is 31.9 Å². The normalized spacial score (nSPS) is 13.2. The number of rotatable bonds is 4. The van der Waals surface area contributed by atoms with Crippen LogP contribution in [-0.4, -0.2) is 25.3 Å². The van der Waals surface area contributed by atoms with Crippen LogP contribution in [0.2, 0.25) is 5.15 Å². The fraction of sp³-hybridized carbons (Fsp3) is 0.545. The van der Waals surface area contributed by atoms with Crippen LogP contribution in [0.25, 0.3) is 5.78 Å². The number of nitrogens with zero attached hydrogens (tertiary/aromatic N) is 4. The SMILES string of the molecule is CCC(C)CSc1c(C)c(Cl)nc2ncnn12. The molecule has 0 saturated carbocycles. The number of halogens is 1. The fourth-order valence-corrected chi connectivity index (χ4v) is 2.85. The molecule has 0 amide bonds. The van der Waals surface area contributed by atoms with Gasteiger partial charge in [-0.3, -0.25) is 0 Å². The molecule has 1 unspecified atom stereocenters. The van der Waals surface area contributed by atoms with Gasteiger partial charge in [0.2, 0.25) is 0 Å². The monoisotopic (exact) mass is 270 g/mol. The topological polar surface area (TPSA) is 43.1 Å². The zero-order chi connectivity index (χ0) is 12.4. The Bertz CT molecular complexity index is 525. The molecule has 0 aliphatic rings. The van der Waals surface area contributed by atoms with E-state index in [1.807, 2.05) is 6.92 Å². The number of hydrogen-bond donors (Lipinski definition) is 0. The Morgan fingerprint density at radius 3 is 3.00 bits per heavy atom. The molecule has 4 nitrogen and oxygen atoms in total. The van der Waals surface area contributed by atoms with Crippen LogP contribution >= 0.6 is 23.4 Å². The summed E-state index contributed by atoms with van der Waals surface area (Å²) < 4.78 is 1.76. The second kappa shape index (κ2) is 5.23. The van der Waals surface area contributed by atoms with Crippen molar-refractivity contribution >= 4 is 29.1 Å². The van der Waals surface area contributed by atoms with E-state index in [0.29, 0.717) is 16.8 Å². The highest BCUT2D eigenvalue weighted by molar-refractivity contribution is 7.99. The predicted molar refractivity (Wildman–Crippen MR) is 70.7 cm³/mol. The van der Waals surface area contributed by atoms with Gasteiger partial charge < -0.3 is 0 Å². The summed E-state index contributed by atoms with van der Waals surface area (Å²) in [6, 6.07) is 0. The first-order chi connectivity index (χ1) is 8.13. The molecule has 6 heteroatoms. The van der Waals surface area contributed by atoms with Crippen molar-refractivity contribution in [3.63, 3.8) is 0 Å². The van der Waals surface area contributed by atoms with Crippen molar-refractivity contribution in [1.29, 1.82) is 0 Å². The third-order valence-electron chi connectivity index (χ3n) is 2.75. The van der Waals surface area contributed by atoms with Crippen LogP contribution in [0.3, 0.4) is 0 Å². The van der Waals surface area contributed by atoms with Crippen LogP contribution in [0.15, 0.2) is 11.4 Å². The highest BCUT2D eigenvalue weighted by Crippen LogP contribution is 2.28. The summed E-state index contributed by atoms with van der Waals surface area (Å²) in [5.41, 5.74) is 0.970. The van der Waals surface area contributed by atoms with Crippen molar-refractivity contribution in [3.05, 3.63) is 17.0 Å². The van der Waals surface area contributed by atoms with Crippen molar-refractivity contribution in [2.45, 2.75) is 32.2 Å². The highest BCUT2D eigenvalue weighted by Gasteiger charge is 2.13. The predicted octanol–water partition coefficient (Wildman–Crippen LogP) is 3.22. The minimum absolute atomic E-state index is 0.511. The molecule has 2 rings (SSSR count). The summed E-state index contributed by atoms with van der Waals surface area (Å²) in [5.74, 6) is 2.28. The van der Waals surface area contributed by atoms with Crippen molar-refractivity contribution in [3.8, 4) is 0 Å². The van der Waals surface area contributed by atoms with E-state index < -0.39 is 0 Å². The average molecular weight is 271 g/mol. The van der Waals surface area contributed by atoms with Gasteiger partial charge in [-0.05, 0) is 12.8 Å². The van der Waals surface area contributed by atoms with Crippen LogP contribution in [0.5, 0.6) is 0 Å². The average Bonchev–Trinajstić information content (AvgIpc) is 2.76. The molecule has 1 atom stereocenters. The molecular weight excluding hydrogens is 256 g/mol. The first kappa shape index (κ1) is 12.6. The lowest BCUT2D eigenvalue weighted by atomic mass is 10.2.